The summed E-state index contributed by atoms with van der Waals surface area (Å²) in [5.41, 5.74) is 0. The molecule has 0 aromatic carbocycles. The molecule has 120 valence electrons. The Labute approximate surface area is 125 Å². The lowest BCUT2D eigenvalue weighted by atomic mass is 9.93. The van der Waals surface area contributed by atoms with Gasteiger partial charge in [-0.05, 0) is 43.9 Å². The van der Waals surface area contributed by atoms with Gasteiger partial charge in [0, 0.05) is 39.2 Å². The van der Waals surface area contributed by atoms with Gasteiger partial charge >= 0.3 is 12.0 Å². The number of carbonyl (C=O) groups is 2. The van der Waals surface area contributed by atoms with E-state index in [0.29, 0.717) is 24.8 Å². The van der Waals surface area contributed by atoms with Gasteiger partial charge in [0.15, 0.2) is 0 Å². The van der Waals surface area contributed by atoms with Crippen LogP contribution in [0.25, 0.3) is 0 Å². The van der Waals surface area contributed by atoms with Crippen LogP contribution in [0.3, 0.4) is 0 Å². The summed E-state index contributed by atoms with van der Waals surface area (Å²) in [5, 5.41) is 17.9. The highest BCUT2D eigenvalue weighted by molar-refractivity contribution is 5.74. The number of hydrogen-bond donors (Lipinski definition) is 2. The normalized spacial score (nSPS) is 24.1. The molecule has 0 saturated carbocycles. The standard InChI is InChI=1S/C15H26N2O4/c18-11-13-5-8-16(9-6-13)15(21)17-7-1-2-12(10-17)3-4-14(19)20/h12-13,18H,1-11H2,(H,19,20). The Hall–Kier alpha value is -1.30. The molecule has 0 aromatic rings. The molecule has 0 aliphatic carbocycles. The van der Waals surface area contributed by atoms with E-state index in [9.17, 15) is 9.59 Å². The Bertz CT molecular complexity index is 367. The van der Waals surface area contributed by atoms with Crippen molar-refractivity contribution in [3.05, 3.63) is 0 Å². The third-order valence-corrected chi connectivity index (χ3v) is 4.70. The van der Waals surface area contributed by atoms with Crippen LogP contribution in [0.5, 0.6) is 0 Å². The molecule has 2 amide bonds. The van der Waals surface area contributed by atoms with E-state index in [4.69, 9.17) is 10.2 Å². The second kappa shape index (κ2) is 7.64. The van der Waals surface area contributed by atoms with Crippen LogP contribution in [0.15, 0.2) is 0 Å². The third-order valence-electron chi connectivity index (χ3n) is 4.70. The summed E-state index contributed by atoms with van der Waals surface area (Å²) in [7, 11) is 0. The Kier molecular flexibility index (Phi) is 5.85. The summed E-state index contributed by atoms with van der Waals surface area (Å²) in [6, 6.07) is 0.0893. The van der Waals surface area contributed by atoms with Crippen LogP contribution in [0.1, 0.15) is 38.5 Å². The molecular formula is C15H26N2O4. The van der Waals surface area contributed by atoms with Crippen LogP contribution in [-0.4, -0.2) is 64.8 Å². The fraction of sp³-hybridized carbons (Fsp3) is 0.867. The molecule has 6 heteroatoms. The van der Waals surface area contributed by atoms with E-state index >= 15 is 0 Å². The van der Waals surface area contributed by atoms with Crippen LogP contribution in [0.4, 0.5) is 4.79 Å². The minimum atomic E-state index is -0.760. The highest BCUT2D eigenvalue weighted by atomic mass is 16.4. The van der Waals surface area contributed by atoms with Crippen LogP contribution >= 0.6 is 0 Å². The van der Waals surface area contributed by atoms with Crippen LogP contribution in [0.2, 0.25) is 0 Å². The van der Waals surface area contributed by atoms with E-state index in [1.54, 1.807) is 0 Å². The smallest absolute Gasteiger partial charge is 0.320 e. The number of nitrogens with zero attached hydrogens (tertiary/aromatic N) is 2. The van der Waals surface area contributed by atoms with E-state index in [0.717, 1.165) is 45.3 Å². The van der Waals surface area contributed by atoms with E-state index in [2.05, 4.69) is 0 Å². The summed E-state index contributed by atoms with van der Waals surface area (Å²) in [6.45, 7) is 3.12. The Morgan fingerprint density at radius 2 is 1.71 bits per heavy atom. The zero-order chi connectivity index (χ0) is 15.2. The predicted octanol–water partition coefficient (Wildman–Crippen LogP) is 1.39. The average Bonchev–Trinajstić information content (AvgIpc) is 2.52. The Morgan fingerprint density at radius 3 is 2.33 bits per heavy atom. The molecule has 2 N–H and O–H groups in total. The fourth-order valence-electron chi connectivity index (χ4n) is 3.31. The lowest BCUT2D eigenvalue weighted by Gasteiger charge is -2.39. The Morgan fingerprint density at radius 1 is 1.00 bits per heavy atom. The summed E-state index contributed by atoms with van der Waals surface area (Å²) in [5.74, 6) is -0.114. The quantitative estimate of drug-likeness (QED) is 0.822. The molecule has 1 atom stereocenters. The summed E-state index contributed by atoms with van der Waals surface area (Å²) >= 11 is 0. The molecule has 0 spiro atoms. The first-order valence-electron chi connectivity index (χ1n) is 7.96. The van der Waals surface area contributed by atoms with Crippen molar-refractivity contribution in [3.63, 3.8) is 0 Å². The second-order valence-electron chi connectivity index (χ2n) is 6.28. The molecule has 1 unspecified atom stereocenters. The van der Waals surface area contributed by atoms with E-state index in [1.807, 2.05) is 9.80 Å². The van der Waals surface area contributed by atoms with Crippen LogP contribution < -0.4 is 0 Å². The maximum Gasteiger partial charge on any atom is 0.320 e. The van der Waals surface area contributed by atoms with Gasteiger partial charge in [0.2, 0.25) is 0 Å². The van der Waals surface area contributed by atoms with E-state index in [-0.39, 0.29) is 19.1 Å². The van der Waals surface area contributed by atoms with Gasteiger partial charge in [0.25, 0.3) is 0 Å². The van der Waals surface area contributed by atoms with Crippen molar-refractivity contribution in [2.24, 2.45) is 11.8 Å². The van der Waals surface area contributed by atoms with E-state index in [1.165, 1.54) is 0 Å². The van der Waals surface area contributed by atoms with Crippen molar-refractivity contribution >= 4 is 12.0 Å². The molecule has 2 rings (SSSR count). The largest absolute Gasteiger partial charge is 0.481 e. The second-order valence-corrected chi connectivity index (χ2v) is 6.28. The number of hydrogen-bond acceptors (Lipinski definition) is 3. The van der Waals surface area contributed by atoms with Gasteiger partial charge in [0.05, 0.1) is 0 Å². The molecule has 2 aliphatic heterocycles. The van der Waals surface area contributed by atoms with Gasteiger partial charge in [-0.3, -0.25) is 4.79 Å². The van der Waals surface area contributed by atoms with Crippen molar-refractivity contribution in [3.8, 4) is 0 Å². The number of carboxylic acid groups (broad SMARTS) is 1. The van der Waals surface area contributed by atoms with Crippen LogP contribution in [-0.2, 0) is 4.79 Å². The van der Waals surface area contributed by atoms with Gasteiger partial charge in [0.1, 0.15) is 0 Å². The minimum absolute atomic E-state index is 0.0893. The highest BCUT2D eigenvalue weighted by Crippen LogP contribution is 2.24. The number of amides is 2. The van der Waals surface area contributed by atoms with Crippen molar-refractivity contribution in [2.75, 3.05) is 32.8 Å². The fourth-order valence-corrected chi connectivity index (χ4v) is 3.31. The lowest BCUT2D eigenvalue weighted by Crippen LogP contribution is -2.50. The zero-order valence-corrected chi connectivity index (χ0v) is 12.5. The number of aliphatic hydroxyl groups excluding tert-OH is 1. The zero-order valence-electron chi connectivity index (χ0n) is 12.5. The number of aliphatic carboxylic acids is 1. The topological polar surface area (TPSA) is 81.1 Å². The SMILES string of the molecule is O=C(O)CCC1CCCN(C(=O)N2CCC(CO)CC2)C1. The van der Waals surface area contributed by atoms with Gasteiger partial charge in [-0.25, -0.2) is 4.79 Å². The van der Waals surface area contributed by atoms with Gasteiger partial charge in [-0.15, -0.1) is 0 Å². The van der Waals surface area contributed by atoms with E-state index < -0.39 is 5.97 Å². The van der Waals surface area contributed by atoms with Crippen molar-refractivity contribution in [1.82, 2.24) is 9.80 Å². The van der Waals surface area contributed by atoms with Gasteiger partial charge in [-0.1, -0.05) is 0 Å². The summed E-state index contributed by atoms with van der Waals surface area (Å²) in [6.07, 6.45) is 4.57. The van der Waals surface area contributed by atoms with Gasteiger partial charge < -0.3 is 20.0 Å². The first-order chi connectivity index (χ1) is 10.1. The number of carboxylic acids is 1. The summed E-state index contributed by atoms with van der Waals surface area (Å²) < 4.78 is 0. The van der Waals surface area contributed by atoms with Crippen molar-refractivity contribution in [2.45, 2.75) is 38.5 Å². The number of carbonyl (C=O) groups excluding carboxylic acids is 1. The maximum absolute atomic E-state index is 12.5. The molecule has 21 heavy (non-hydrogen) atoms. The molecule has 6 nitrogen and oxygen atoms in total. The maximum atomic E-state index is 12.5. The number of likely N-dealkylation sites (tertiary alicyclic amines) is 2. The minimum Gasteiger partial charge on any atom is -0.481 e. The first kappa shape index (κ1) is 16.1. The van der Waals surface area contributed by atoms with Crippen molar-refractivity contribution < 1.29 is 19.8 Å². The van der Waals surface area contributed by atoms with Crippen LogP contribution in [0, 0.1) is 11.8 Å². The number of piperidine rings is 2. The molecule has 0 bridgehead atoms. The number of aliphatic hydroxyl groups is 1. The van der Waals surface area contributed by atoms with Gasteiger partial charge in [-0.2, -0.15) is 0 Å². The average molecular weight is 298 g/mol. The molecule has 2 aliphatic rings. The molecule has 0 aromatic heterocycles. The molecule has 2 saturated heterocycles. The molecular weight excluding hydrogens is 272 g/mol. The highest BCUT2D eigenvalue weighted by Gasteiger charge is 2.29. The lowest BCUT2D eigenvalue weighted by molar-refractivity contribution is -0.137. The first-order valence-corrected chi connectivity index (χ1v) is 7.96. The third kappa shape index (κ3) is 4.59. The van der Waals surface area contributed by atoms with Crippen molar-refractivity contribution in [1.29, 1.82) is 0 Å². The predicted molar refractivity (Wildman–Crippen MR) is 77.9 cm³/mol. The number of rotatable bonds is 4. The summed E-state index contributed by atoms with van der Waals surface area (Å²) in [4.78, 5) is 26.9. The monoisotopic (exact) mass is 298 g/mol. The number of urea groups is 1. The molecule has 2 heterocycles. The molecule has 0 radical (unpaired) electrons. The Balaban J connectivity index is 1.80. The molecule has 2 fully saturated rings.